The van der Waals surface area contributed by atoms with Crippen molar-refractivity contribution in [2.75, 3.05) is 0 Å². The van der Waals surface area contributed by atoms with Crippen LogP contribution in [-0.2, 0) is 0 Å². The van der Waals surface area contributed by atoms with Crippen molar-refractivity contribution in [1.82, 2.24) is 15.0 Å². The van der Waals surface area contributed by atoms with Gasteiger partial charge >= 0.3 is 0 Å². The second kappa shape index (κ2) is 6.61. The van der Waals surface area contributed by atoms with Crippen LogP contribution in [0.4, 0.5) is 5.69 Å². The van der Waals surface area contributed by atoms with Crippen LogP contribution < -0.4 is 17.2 Å². The molecule has 2 aromatic carbocycles. The highest BCUT2D eigenvalue weighted by Gasteiger charge is 2.08. The van der Waals surface area contributed by atoms with Gasteiger partial charge in [-0.05, 0) is 24.3 Å². The molecule has 0 saturated carbocycles. The molecule has 0 aliphatic carbocycles. The fourth-order valence-corrected chi connectivity index (χ4v) is 2.19. The Morgan fingerprint density at radius 3 is 2.29 bits per heavy atom. The summed E-state index contributed by atoms with van der Waals surface area (Å²) in [6, 6.07) is 17.2. The van der Waals surface area contributed by atoms with Gasteiger partial charge in [-0.15, -0.1) is 5.10 Å². The van der Waals surface area contributed by atoms with Crippen molar-refractivity contribution in [3.8, 4) is 16.9 Å². The minimum absolute atomic E-state index is 0.00604. The lowest BCUT2D eigenvalue weighted by molar-refractivity contribution is 0.808. The van der Waals surface area contributed by atoms with E-state index in [1.807, 2.05) is 42.5 Å². The molecule has 0 bridgehead atoms. The Hall–Kier alpha value is -3.68. The van der Waals surface area contributed by atoms with Crippen molar-refractivity contribution in [3.05, 3.63) is 60.8 Å². The summed E-state index contributed by atoms with van der Waals surface area (Å²) in [5.41, 5.74) is 19.5. The van der Waals surface area contributed by atoms with E-state index in [9.17, 15) is 0 Å². The number of hydrogen-bond acceptors (Lipinski definition) is 3. The highest BCUT2D eigenvalue weighted by molar-refractivity contribution is 5.93. The van der Waals surface area contributed by atoms with Crippen molar-refractivity contribution in [3.63, 3.8) is 0 Å². The zero-order valence-electron chi connectivity index (χ0n) is 12.7. The molecular formula is C16H16N8. The average molecular weight is 320 g/mol. The number of guanidine groups is 2. The molecule has 0 radical (unpaired) electrons. The molecule has 0 fully saturated rings. The van der Waals surface area contributed by atoms with Crippen LogP contribution in [0, 0.1) is 0 Å². The van der Waals surface area contributed by atoms with Gasteiger partial charge in [0.05, 0.1) is 23.3 Å². The summed E-state index contributed by atoms with van der Waals surface area (Å²) >= 11 is 0. The van der Waals surface area contributed by atoms with Gasteiger partial charge in [0.15, 0.2) is 5.96 Å². The second-order valence-electron chi connectivity index (χ2n) is 4.92. The van der Waals surface area contributed by atoms with Gasteiger partial charge in [-0.1, -0.05) is 35.5 Å². The molecule has 3 rings (SSSR count). The standard InChI is InChI=1S/C16H16N8/c17-15(18)22-16(19)21-12-6-8-13(9-7-12)24-14(10-20-23-24)11-4-2-1-3-5-11/h1-10H,(H6,17,18,19,21,22). The Bertz CT molecular complexity index is 874. The van der Waals surface area contributed by atoms with Crippen LogP contribution in [0.3, 0.4) is 0 Å². The zero-order chi connectivity index (χ0) is 16.9. The number of hydrogen-bond donors (Lipinski definition) is 3. The molecule has 1 aromatic heterocycles. The SMILES string of the molecule is NC(N)=NC(N)=Nc1ccc(-n2nncc2-c2ccccc2)cc1. The van der Waals surface area contributed by atoms with Gasteiger partial charge in [-0.25, -0.2) is 9.67 Å². The maximum absolute atomic E-state index is 5.61. The molecule has 120 valence electrons. The summed E-state index contributed by atoms with van der Waals surface area (Å²) in [6.07, 6.45) is 1.72. The number of nitrogens with zero attached hydrogens (tertiary/aromatic N) is 5. The summed E-state index contributed by atoms with van der Waals surface area (Å²) in [7, 11) is 0. The third-order valence-electron chi connectivity index (χ3n) is 3.20. The van der Waals surface area contributed by atoms with E-state index in [1.54, 1.807) is 23.0 Å². The summed E-state index contributed by atoms with van der Waals surface area (Å²) in [6.45, 7) is 0. The zero-order valence-corrected chi connectivity index (χ0v) is 12.7. The Balaban J connectivity index is 1.91. The van der Waals surface area contributed by atoms with Crippen LogP contribution in [0.15, 0.2) is 70.8 Å². The molecule has 8 nitrogen and oxygen atoms in total. The smallest absolute Gasteiger partial charge is 0.223 e. The van der Waals surface area contributed by atoms with Gasteiger partial charge in [-0.2, -0.15) is 4.99 Å². The highest BCUT2D eigenvalue weighted by atomic mass is 15.4. The van der Waals surface area contributed by atoms with Gasteiger partial charge in [0.25, 0.3) is 0 Å². The molecule has 0 atom stereocenters. The van der Waals surface area contributed by atoms with Crippen LogP contribution in [0.2, 0.25) is 0 Å². The number of aromatic nitrogens is 3. The number of rotatable bonds is 3. The van der Waals surface area contributed by atoms with Crippen molar-refractivity contribution in [2.45, 2.75) is 0 Å². The Morgan fingerprint density at radius 2 is 1.62 bits per heavy atom. The fourth-order valence-electron chi connectivity index (χ4n) is 2.19. The molecule has 6 N–H and O–H groups in total. The van der Waals surface area contributed by atoms with E-state index in [0.29, 0.717) is 5.69 Å². The molecule has 24 heavy (non-hydrogen) atoms. The van der Waals surface area contributed by atoms with E-state index in [1.165, 1.54) is 0 Å². The lowest BCUT2D eigenvalue weighted by Gasteiger charge is -2.06. The summed E-state index contributed by atoms with van der Waals surface area (Å²) in [5.74, 6) is -0.142. The average Bonchev–Trinajstić information content (AvgIpc) is 3.05. The maximum Gasteiger partial charge on any atom is 0.223 e. The minimum Gasteiger partial charge on any atom is -0.370 e. The van der Waals surface area contributed by atoms with Crippen molar-refractivity contribution in [2.24, 2.45) is 27.2 Å². The van der Waals surface area contributed by atoms with Gasteiger partial charge < -0.3 is 17.2 Å². The normalized spacial score (nSPS) is 11.2. The minimum atomic E-state index is -0.136. The van der Waals surface area contributed by atoms with E-state index in [2.05, 4.69) is 20.3 Å². The number of benzene rings is 2. The van der Waals surface area contributed by atoms with Crippen molar-refractivity contribution < 1.29 is 0 Å². The van der Waals surface area contributed by atoms with Gasteiger partial charge in [-0.3, -0.25) is 0 Å². The van der Waals surface area contributed by atoms with Crippen LogP contribution in [0.5, 0.6) is 0 Å². The van der Waals surface area contributed by atoms with E-state index in [-0.39, 0.29) is 11.9 Å². The van der Waals surface area contributed by atoms with E-state index >= 15 is 0 Å². The lowest BCUT2D eigenvalue weighted by Crippen LogP contribution is -2.26. The third-order valence-corrected chi connectivity index (χ3v) is 3.20. The quantitative estimate of drug-likeness (QED) is 0.491. The molecule has 0 amide bonds. The molecule has 0 aliphatic rings. The molecule has 3 aromatic rings. The maximum atomic E-state index is 5.61. The molecular weight excluding hydrogens is 304 g/mol. The monoisotopic (exact) mass is 320 g/mol. The first-order chi connectivity index (χ1) is 11.6. The molecule has 0 saturated heterocycles. The molecule has 0 aliphatic heterocycles. The predicted molar refractivity (Wildman–Crippen MR) is 93.9 cm³/mol. The largest absolute Gasteiger partial charge is 0.370 e. The second-order valence-corrected chi connectivity index (χ2v) is 4.92. The van der Waals surface area contributed by atoms with E-state index in [0.717, 1.165) is 16.9 Å². The van der Waals surface area contributed by atoms with Crippen LogP contribution in [-0.4, -0.2) is 26.9 Å². The first kappa shape index (κ1) is 15.2. The Kier molecular flexibility index (Phi) is 4.19. The lowest BCUT2D eigenvalue weighted by atomic mass is 10.1. The summed E-state index contributed by atoms with van der Waals surface area (Å²) in [5, 5.41) is 8.14. The van der Waals surface area contributed by atoms with E-state index in [4.69, 9.17) is 17.2 Å². The van der Waals surface area contributed by atoms with Crippen molar-refractivity contribution in [1.29, 1.82) is 0 Å². The van der Waals surface area contributed by atoms with Crippen LogP contribution >= 0.6 is 0 Å². The Morgan fingerprint density at radius 1 is 0.917 bits per heavy atom. The van der Waals surface area contributed by atoms with Gasteiger partial charge in [0, 0.05) is 5.56 Å². The predicted octanol–water partition coefficient (Wildman–Crippen LogP) is 1.15. The first-order valence-corrected chi connectivity index (χ1v) is 7.14. The first-order valence-electron chi connectivity index (χ1n) is 7.14. The van der Waals surface area contributed by atoms with Gasteiger partial charge in [0.2, 0.25) is 5.96 Å². The molecule has 1 heterocycles. The Labute approximate surface area is 138 Å². The number of nitrogens with two attached hydrogens (primary N) is 3. The molecule has 0 spiro atoms. The highest BCUT2D eigenvalue weighted by Crippen LogP contribution is 2.22. The van der Waals surface area contributed by atoms with Crippen molar-refractivity contribution >= 4 is 17.6 Å². The molecule has 0 unspecified atom stereocenters. The summed E-state index contributed by atoms with van der Waals surface area (Å²) in [4.78, 5) is 7.78. The van der Waals surface area contributed by atoms with Gasteiger partial charge in [0.1, 0.15) is 0 Å². The van der Waals surface area contributed by atoms with Crippen LogP contribution in [0.1, 0.15) is 0 Å². The fraction of sp³-hybridized carbons (Fsp3) is 0. The topological polar surface area (TPSA) is 133 Å². The van der Waals surface area contributed by atoms with E-state index < -0.39 is 0 Å². The third kappa shape index (κ3) is 3.38. The molecule has 8 heteroatoms. The summed E-state index contributed by atoms with van der Waals surface area (Å²) < 4.78 is 1.75. The van der Waals surface area contributed by atoms with Crippen LogP contribution in [0.25, 0.3) is 16.9 Å². The number of aliphatic imine (C=N–C) groups is 2.